The molecular formula is C13H25N5O2S. The van der Waals surface area contributed by atoms with Crippen LogP contribution in [0.25, 0.3) is 0 Å². The van der Waals surface area contributed by atoms with Gasteiger partial charge in [-0.15, -0.1) is 0 Å². The van der Waals surface area contributed by atoms with E-state index in [1.807, 2.05) is 0 Å². The summed E-state index contributed by atoms with van der Waals surface area (Å²) < 4.78 is 25.0. The number of nitrogens with zero attached hydrogens (tertiary/aromatic N) is 3. The number of hydrogen-bond acceptors (Lipinski definition) is 5. The van der Waals surface area contributed by atoms with Crippen LogP contribution in [-0.2, 0) is 10.0 Å². The number of sulfonamides is 1. The predicted molar refractivity (Wildman–Crippen MR) is 81.2 cm³/mol. The maximum Gasteiger partial charge on any atom is 0.211 e. The Balaban J connectivity index is 1.99. The van der Waals surface area contributed by atoms with E-state index < -0.39 is 10.0 Å². The molecule has 7 nitrogen and oxygen atoms in total. The zero-order chi connectivity index (χ0) is 15.3. The molecule has 0 bridgehead atoms. The average Bonchev–Trinajstić information content (AvgIpc) is 2.97. The van der Waals surface area contributed by atoms with E-state index in [1.165, 1.54) is 6.26 Å². The highest BCUT2D eigenvalue weighted by Gasteiger charge is 2.28. The van der Waals surface area contributed by atoms with E-state index in [0.29, 0.717) is 19.0 Å². The van der Waals surface area contributed by atoms with Gasteiger partial charge in [0.2, 0.25) is 10.0 Å². The minimum absolute atomic E-state index is 0.133. The van der Waals surface area contributed by atoms with E-state index in [2.05, 4.69) is 27.7 Å². The first-order valence-corrected chi connectivity index (χ1v) is 9.39. The molecule has 0 aliphatic carbocycles. The third-order valence-corrected chi connectivity index (χ3v) is 5.22. The standard InChI is InChI=1S/C13H25N5O2S/c1-3-6-14-12(13-9-15-17-16-13)8-11-5-4-7-18(10-11)21(2,19)20/h9,11-12,14H,3-8,10H2,1-2H3,(H,15,16,17). The molecule has 2 N–H and O–H groups in total. The summed E-state index contributed by atoms with van der Waals surface area (Å²) in [6.07, 6.45) is 6.96. The summed E-state index contributed by atoms with van der Waals surface area (Å²) in [5.41, 5.74) is 0.903. The lowest BCUT2D eigenvalue weighted by Crippen LogP contribution is -2.40. The lowest BCUT2D eigenvalue weighted by molar-refractivity contribution is 0.237. The fraction of sp³-hybridized carbons (Fsp3) is 0.846. The predicted octanol–water partition coefficient (Wildman–Crippen LogP) is 0.907. The van der Waals surface area contributed by atoms with Crippen molar-refractivity contribution in [2.24, 2.45) is 5.92 Å². The van der Waals surface area contributed by atoms with Crippen LogP contribution in [-0.4, -0.2) is 54.0 Å². The van der Waals surface area contributed by atoms with Crippen molar-refractivity contribution < 1.29 is 8.42 Å². The molecule has 1 aromatic heterocycles. The van der Waals surface area contributed by atoms with Gasteiger partial charge in [-0.1, -0.05) is 6.92 Å². The average molecular weight is 315 g/mol. The summed E-state index contributed by atoms with van der Waals surface area (Å²) in [4.78, 5) is 0. The summed E-state index contributed by atoms with van der Waals surface area (Å²) in [6, 6.07) is 0.133. The van der Waals surface area contributed by atoms with Crippen molar-refractivity contribution in [3.63, 3.8) is 0 Å². The van der Waals surface area contributed by atoms with Crippen molar-refractivity contribution in [1.82, 2.24) is 25.0 Å². The molecular weight excluding hydrogens is 290 g/mol. The van der Waals surface area contributed by atoms with Crippen molar-refractivity contribution in [2.75, 3.05) is 25.9 Å². The lowest BCUT2D eigenvalue weighted by atomic mass is 9.91. The van der Waals surface area contributed by atoms with E-state index in [-0.39, 0.29) is 6.04 Å². The van der Waals surface area contributed by atoms with Gasteiger partial charge in [-0.2, -0.15) is 15.4 Å². The van der Waals surface area contributed by atoms with Gasteiger partial charge < -0.3 is 5.32 Å². The van der Waals surface area contributed by atoms with Crippen LogP contribution in [0.4, 0.5) is 0 Å². The van der Waals surface area contributed by atoms with Crippen LogP contribution in [0.15, 0.2) is 6.20 Å². The van der Waals surface area contributed by atoms with E-state index in [1.54, 1.807) is 10.5 Å². The van der Waals surface area contributed by atoms with E-state index in [4.69, 9.17) is 0 Å². The van der Waals surface area contributed by atoms with Crippen molar-refractivity contribution in [3.05, 3.63) is 11.9 Å². The molecule has 21 heavy (non-hydrogen) atoms. The van der Waals surface area contributed by atoms with Gasteiger partial charge in [0.05, 0.1) is 24.2 Å². The Labute approximate surface area is 126 Å². The van der Waals surface area contributed by atoms with E-state index in [9.17, 15) is 8.42 Å². The van der Waals surface area contributed by atoms with Gasteiger partial charge in [0, 0.05) is 13.1 Å². The number of aromatic nitrogens is 3. The quantitative estimate of drug-likeness (QED) is 0.780. The normalized spacial score (nSPS) is 22.3. The Morgan fingerprint density at radius 2 is 2.38 bits per heavy atom. The highest BCUT2D eigenvalue weighted by Crippen LogP contribution is 2.27. The molecule has 1 saturated heterocycles. The largest absolute Gasteiger partial charge is 0.309 e. The van der Waals surface area contributed by atoms with Gasteiger partial charge in [0.25, 0.3) is 0 Å². The Hall–Kier alpha value is -0.990. The maximum atomic E-state index is 11.7. The fourth-order valence-electron chi connectivity index (χ4n) is 2.86. The maximum absolute atomic E-state index is 11.7. The molecule has 8 heteroatoms. The van der Waals surface area contributed by atoms with E-state index in [0.717, 1.165) is 37.9 Å². The first-order valence-electron chi connectivity index (χ1n) is 7.55. The van der Waals surface area contributed by atoms with Crippen LogP contribution in [0.1, 0.15) is 44.3 Å². The summed E-state index contributed by atoms with van der Waals surface area (Å²) in [5, 5.41) is 14.2. The second-order valence-corrected chi connectivity index (χ2v) is 7.75. The topological polar surface area (TPSA) is 91.0 Å². The molecule has 2 unspecified atom stereocenters. The zero-order valence-corrected chi connectivity index (χ0v) is 13.6. The number of piperidine rings is 1. The number of H-pyrrole nitrogens is 1. The molecule has 0 radical (unpaired) electrons. The van der Waals surface area contributed by atoms with E-state index >= 15 is 0 Å². The smallest absolute Gasteiger partial charge is 0.211 e. The van der Waals surface area contributed by atoms with Crippen molar-refractivity contribution >= 4 is 10.0 Å². The highest BCUT2D eigenvalue weighted by atomic mass is 32.2. The second-order valence-electron chi connectivity index (χ2n) is 5.77. The summed E-state index contributed by atoms with van der Waals surface area (Å²) in [6.45, 7) is 4.30. The molecule has 2 atom stereocenters. The zero-order valence-electron chi connectivity index (χ0n) is 12.7. The summed E-state index contributed by atoms with van der Waals surface area (Å²) in [7, 11) is -3.09. The minimum Gasteiger partial charge on any atom is -0.309 e. The molecule has 0 amide bonds. The molecule has 120 valence electrons. The summed E-state index contributed by atoms with van der Waals surface area (Å²) in [5.74, 6) is 0.361. The minimum atomic E-state index is -3.09. The van der Waals surface area contributed by atoms with Gasteiger partial charge in [-0.25, -0.2) is 12.7 Å². The Bertz CT molecular complexity index is 517. The van der Waals surface area contributed by atoms with Crippen LogP contribution in [0.2, 0.25) is 0 Å². The third-order valence-electron chi connectivity index (χ3n) is 3.95. The monoisotopic (exact) mass is 315 g/mol. The third kappa shape index (κ3) is 4.76. The fourth-order valence-corrected chi connectivity index (χ4v) is 3.80. The van der Waals surface area contributed by atoms with Crippen molar-refractivity contribution in [2.45, 2.75) is 38.6 Å². The Kier molecular flexibility index (Phi) is 5.72. The molecule has 0 aromatic carbocycles. The van der Waals surface area contributed by atoms with Gasteiger partial charge >= 0.3 is 0 Å². The molecule has 0 saturated carbocycles. The van der Waals surface area contributed by atoms with Crippen LogP contribution < -0.4 is 5.32 Å². The van der Waals surface area contributed by atoms with Gasteiger partial charge in [-0.3, -0.25) is 0 Å². The molecule has 0 spiro atoms. The molecule has 1 fully saturated rings. The van der Waals surface area contributed by atoms with Crippen LogP contribution in [0.5, 0.6) is 0 Å². The second kappa shape index (κ2) is 7.33. The van der Waals surface area contributed by atoms with Gasteiger partial charge in [0.1, 0.15) is 0 Å². The molecule has 1 aliphatic heterocycles. The van der Waals surface area contributed by atoms with Crippen molar-refractivity contribution in [1.29, 1.82) is 0 Å². The Morgan fingerprint density at radius 1 is 1.57 bits per heavy atom. The number of rotatable bonds is 7. The van der Waals surface area contributed by atoms with Crippen molar-refractivity contribution in [3.8, 4) is 0 Å². The first kappa shape index (κ1) is 16.4. The van der Waals surface area contributed by atoms with Gasteiger partial charge in [0.15, 0.2) is 0 Å². The molecule has 1 aromatic rings. The number of aromatic amines is 1. The van der Waals surface area contributed by atoms with Crippen LogP contribution in [0, 0.1) is 5.92 Å². The van der Waals surface area contributed by atoms with Crippen LogP contribution in [0.3, 0.4) is 0 Å². The highest BCUT2D eigenvalue weighted by molar-refractivity contribution is 7.88. The van der Waals surface area contributed by atoms with Crippen LogP contribution >= 0.6 is 0 Å². The van der Waals surface area contributed by atoms with Gasteiger partial charge in [-0.05, 0) is 38.1 Å². The molecule has 1 aliphatic rings. The SMILES string of the molecule is CCCNC(CC1CCCN(S(C)(=O)=O)C1)c1cn[nH]n1. The lowest BCUT2D eigenvalue weighted by Gasteiger charge is -2.32. The molecule has 2 heterocycles. The number of nitrogens with one attached hydrogen (secondary N) is 2. The first-order chi connectivity index (χ1) is 10.0. The Morgan fingerprint density at radius 3 is 3.00 bits per heavy atom. The molecule has 2 rings (SSSR count). The number of hydrogen-bond donors (Lipinski definition) is 2. The summed E-state index contributed by atoms with van der Waals surface area (Å²) >= 11 is 0.